The van der Waals surface area contributed by atoms with Crippen LogP contribution in [0.5, 0.6) is 0 Å². The highest BCUT2D eigenvalue weighted by Gasteiger charge is 2.02. The molecule has 0 atom stereocenters. The summed E-state index contributed by atoms with van der Waals surface area (Å²) in [5.74, 6) is 0.208. The van der Waals surface area contributed by atoms with Gasteiger partial charge in [0.25, 0.3) is 0 Å². The Morgan fingerprint density at radius 3 is 2.80 bits per heavy atom. The first-order chi connectivity index (χ1) is 4.70. The predicted molar refractivity (Wildman–Crippen MR) is 46.4 cm³/mol. The summed E-state index contributed by atoms with van der Waals surface area (Å²) in [5, 5.41) is 3.98. The van der Waals surface area contributed by atoms with E-state index in [9.17, 15) is 4.79 Å². The monoisotopic (exact) mass is 218 g/mol. The Labute approximate surface area is 72.2 Å². The van der Waals surface area contributed by atoms with E-state index in [0.717, 1.165) is 10.0 Å². The number of ketones is 1. The maximum absolute atomic E-state index is 10.6. The van der Waals surface area contributed by atoms with E-state index in [4.69, 9.17) is 0 Å². The van der Waals surface area contributed by atoms with Gasteiger partial charge in [-0.25, -0.2) is 0 Å². The first-order valence-corrected chi connectivity index (χ1v) is 4.63. The van der Waals surface area contributed by atoms with Gasteiger partial charge in [-0.1, -0.05) is 0 Å². The molecule has 0 amide bonds. The van der Waals surface area contributed by atoms with Crippen molar-refractivity contribution < 1.29 is 4.79 Å². The third kappa shape index (κ3) is 1.92. The van der Waals surface area contributed by atoms with Crippen LogP contribution in [0.4, 0.5) is 0 Å². The smallest absolute Gasteiger partial charge is 0.134 e. The summed E-state index contributed by atoms with van der Waals surface area (Å²) >= 11 is 4.96. The van der Waals surface area contributed by atoms with Crippen LogP contribution in [0.15, 0.2) is 15.2 Å². The molecule has 1 aromatic heterocycles. The number of rotatable bonds is 2. The SMILES string of the molecule is CC(=O)Cc1cscc1Br. The van der Waals surface area contributed by atoms with E-state index < -0.39 is 0 Å². The molecule has 1 nitrogen and oxygen atoms in total. The van der Waals surface area contributed by atoms with Crippen LogP contribution in [0.1, 0.15) is 12.5 Å². The topological polar surface area (TPSA) is 17.1 Å². The first-order valence-electron chi connectivity index (χ1n) is 2.90. The van der Waals surface area contributed by atoms with Gasteiger partial charge in [0.1, 0.15) is 5.78 Å². The van der Waals surface area contributed by atoms with E-state index in [1.54, 1.807) is 18.3 Å². The zero-order valence-electron chi connectivity index (χ0n) is 5.56. The Bertz CT molecular complexity index is 242. The molecule has 0 aliphatic rings. The number of carbonyl (C=O) groups is 1. The van der Waals surface area contributed by atoms with E-state index in [0.29, 0.717) is 6.42 Å². The number of hydrogen-bond donors (Lipinski definition) is 0. The van der Waals surface area contributed by atoms with Crippen molar-refractivity contribution in [1.82, 2.24) is 0 Å². The molecule has 0 aliphatic heterocycles. The minimum absolute atomic E-state index is 0.208. The minimum atomic E-state index is 0.208. The summed E-state index contributed by atoms with van der Waals surface area (Å²) < 4.78 is 1.05. The fourth-order valence-corrected chi connectivity index (χ4v) is 2.15. The number of carbonyl (C=O) groups excluding carboxylic acids is 1. The van der Waals surface area contributed by atoms with E-state index in [1.165, 1.54) is 0 Å². The van der Waals surface area contributed by atoms with Crippen molar-refractivity contribution in [2.45, 2.75) is 13.3 Å². The van der Waals surface area contributed by atoms with Gasteiger partial charge in [-0.05, 0) is 33.8 Å². The molecular weight excluding hydrogens is 212 g/mol. The second-order valence-corrected chi connectivity index (χ2v) is 3.72. The largest absolute Gasteiger partial charge is 0.300 e. The maximum atomic E-state index is 10.6. The third-order valence-corrected chi connectivity index (χ3v) is 2.96. The van der Waals surface area contributed by atoms with Crippen molar-refractivity contribution in [2.75, 3.05) is 0 Å². The average molecular weight is 219 g/mol. The fraction of sp³-hybridized carbons (Fsp3) is 0.286. The van der Waals surface area contributed by atoms with Gasteiger partial charge in [0.05, 0.1) is 0 Å². The first kappa shape index (κ1) is 7.95. The minimum Gasteiger partial charge on any atom is -0.300 e. The van der Waals surface area contributed by atoms with Gasteiger partial charge >= 0.3 is 0 Å². The van der Waals surface area contributed by atoms with Crippen molar-refractivity contribution in [3.63, 3.8) is 0 Å². The zero-order valence-corrected chi connectivity index (χ0v) is 7.96. The molecule has 1 rings (SSSR count). The highest BCUT2D eigenvalue weighted by Crippen LogP contribution is 2.21. The van der Waals surface area contributed by atoms with Crippen molar-refractivity contribution in [3.8, 4) is 0 Å². The summed E-state index contributed by atoms with van der Waals surface area (Å²) in [6.07, 6.45) is 0.546. The van der Waals surface area contributed by atoms with Crippen molar-refractivity contribution in [2.24, 2.45) is 0 Å². The second-order valence-electron chi connectivity index (χ2n) is 2.12. The van der Waals surface area contributed by atoms with Crippen molar-refractivity contribution in [3.05, 3.63) is 20.8 Å². The summed E-state index contributed by atoms with van der Waals surface area (Å²) in [6, 6.07) is 0. The number of Topliss-reactive ketones (excluding diaryl/α,β-unsaturated/α-hetero) is 1. The molecule has 0 fully saturated rings. The van der Waals surface area contributed by atoms with Crippen molar-refractivity contribution in [1.29, 1.82) is 0 Å². The van der Waals surface area contributed by atoms with E-state index >= 15 is 0 Å². The summed E-state index contributed by atoms with van der Waals surface area (Å²) in [6.45, 7) is 1.60. The van der Waals surface area contributed by atoms with E-state index in [-0.39, 0.29) is 5.78 Å². The van der Waals surface area contributed by atoms with Gasteiger partial charge in [-0.3, -0.25) is 4.79 Å². The Balaban J connectivity index is 2.74. The van der Waals surface area contributed by atoms with Crippen LogP contribution in [-0.4, -0.2) is 5.78 Å². The average Bonchev–Trinajstić information content (AvgIpc) is 2.15. The number of halogens is 1. The molecule has 0 aromatic carbocycles. The van der Waals surface area contributed by atoms with Crippen LogP contribution < -0.4 is 0 Å². The lowest BCUT2D eigenvalue weighted by molar-refractivity contribution is -0.116. The lowest BCUT2D eigenvalue weighted by atomic mass is 10.2. The molecule has 3 heteroatoms. The van der Waals surface area contributed by atoms with E-state index in [2.05, 4.69) is 15.9 Å². The summed E-state index contributed by atoms with van der Waals surface area (Å²) in [4.78, 5) is 10.6. The van der Waals surface area contributed by atoms with Gasteiger partial charge in [0, 0.05) is 16.3 Å². The molecule has 0 saturated carbocycles. The molecule has 0 spiro atoms. The lowest BCUT2D eigenvalue weighted by Crippen LogP contribution is -1.94. The quantitative estimate of drug-likeness (QED) is 0.747. The molecule has 0 saturated heterocycles. The highest BCUT2D eigenvalue weighted by atomic mass is 79.9. The van der Waals surface area contributed by atoms with Gasteiger partial charge < -0.3 is 0 Å². The second kappa shape index (κ2) is 3.30. The predicted octanol–water partition coefficient (Wildman–Crippen LogP) is 2.64. The Kier molecular flexibility index (Phi) is 2.63. The zero-order chi connectivity index (χ0) is 7.56. The molecule has 54 valence electrons. The van der Waals surface area contributed by atoms with Gasteiger partial charge in [-0.2, -0.15) is 11.3 Å². The number of thiophene rings is 1. The van der Waals surface area contributed by atoms with Crippen LogP contribution in [0, 0.1) is 0 Å². The molecule has 1 aromatic rings. The fourth-order valence-electron chi connectivity index (χ4n) is 0.702. The van der Waals surface area contributed by atoms with Crippen LogP contribution in [-0.2, 0) is 11.2 Å². The molecule has 0 unspecified atom stereocenters. The van der Waals surface area contributed by atoms with Crippen LogP contribution in [0.2, 0.25) is 0 Å². The molecular formula is C7H7BrOS. The number of hydrogen-bond acceptors (Lipinski definition) is 2. The standard InChI is InChI=1S/C7H7BrOS/c1-5(9)2-6-3-10-4-7(6)8/h3-4H,2H2,1H3. The van der Waals surface area contributed by atoms with Crippen LogP contribution in [0.3, 0.4) is 0 Å². The lowest BCUT2D eigenvalue weighted by Gasteiger charge is -1.91. The Hall–Kier alpha value is -0.150. The highest BCUT2D eigenvalue weighted by molar-refractivity contribution is 9.10. The molecule has 0 radical (unpaired) electrons. The molecule has 0 aliphatic carbocycles. The van der Waals surface area contributed by atoms with Gasteiger partial charge in [0.15, 0.2) is 0 Å². The van der Waals surface area contributed by atoms with E-state index in [1.807, 2.05) is 10.8 Å². The Morgan fingerprint density at radius 2 is 2.40 bits per heavy atom. The van der Waals surface area contributed by atoms with Crippen LogP contribution in [0.25, 0.3) is 0 Å². The molecule has 0 bridgehead atoms. The third-order valence-electron chi connectivity index (χ3n) is 1.13. The maximum Gasteiger partial charge on any atom is 0.134 e. The molecule has 10 heavy (non-hydrogen) atoms. The van der Waals surface area contributed by atoms with Crippen LogP contribution >= 0.6 is 27.3 Å². The summed E-state index contributed by atoms with van der Waals surface area (Å²) in [5.41, 5.74) is 1.09. The molecule has 1 heterocycles. The normalized spacial score (nSPS) is 9.80. The van der Waals surface area contributed by atoms with Gasteiger partial charge in [-0.15, -0.1) is 0 Å². The Morgan fingerprint density at radius 1 is 1.70 bits per heavy atom. The van der Waals surface area contributed by atoms with Crippen molar-refractivity contribution >= 4 is 33.0 Å². The van der Waals surface area contributed by atoms with Gasteiger partial charge in [0.2, 0.25) is 0 Å². The molecule has 0 N–H and O–H groups in total. The summed E-state index contributed by atoms with van der Waals surface area (Å²) in [7, 11) is 0.